The van der Waals surface area contributed by atoms with Crippen molar-refractivity contribution in [3.63, 3.8) is 0 Å². The maximum absolute atomic E-state index is 11.5. The predicted octanol–water partition coefficient (Wildman–Crippen LogP) is 2.45. The minimum Gasteiger partial charge on any atom is -0.350 e. The van der Waals surface area contributed by atoms with Crippen molar-refractivity contribution in [3.8, 4) is 0 Å². The Kier molecular flexibility index (Phi) is 3.78. The topological polar surface area (TPSA) is 46.4 Å². The summed E-state index contributed by atoms with van der Waals surface area (Å²) in [5.74, 6) is 0.675. The van der Waals surface area contributed by atoms with Crippen LogP contribution in [0.15, 0.2) is 17.8 Å². The van der Waals surface area contributed by atoms with Crippen molar-refractivity contribution < 1.29 is 4.79 Å². The van der Waals surface area contributed by atoms with Gasteiger partial charge in [0.05, 0.1) is 12.2 Å². The molecule has 2 rings (SSSR count). The minimum atomic E-state index is 0.107. The molecule has 0 bridgehead atoms. The van der Waals surface area contributed by atoms with Crippen LogP contribution in [0.2, 0.25) is 0 Å². The fraction of sp³-hybridized carbons (Fsp3) is 0.500. The first kappa shape index (κ1) is 12.1. The Morgan fingerprint density at radius 1 is 1.59 bits per heavy atom. The lowest BCUT2D eigenvalue weighted by molar-refractivity contribution is -0.121. The molecule has 5 heteroatoms. The monoisotopic (exact) mass is 251 g/mol. The maximum atomic E-state index is 11.5. The first-order valence-corrected chi connectivity index (χ1v) is 6.71. The zero-order valence-electron chi connectivity index (χ0n) is 10.1. The molecular weight excluding hydrogens is 234 g/mol. The highest BCUT2D eigenvalue weighted by Gasteiger charge is 2.06. The van der Waals surface area contributed by atoms with Gasteiger partial charge in [-0.1, -0.05) is 13.8 Å². The number of amides is 1. The van der Waals surface area contributed by atoms with E-state index in [4.69, 9.17) is 0 Å². The molecule has 0 radical (unpaired) electrons. The van der Waals surface area contributed by atoms with Gasteiger partial charge in [-0.3, -0.25) is 9.20 Å². The molecule has 0 aromatic carbocycles. The smallest absolute Gasteiger partial charge is 0.220 e. The second-order valence-electron chi connectivity index (χ2n) is 4.53. The van der Waals surface area contributed by atoms with Crippen LogP contribution in [0.4, 0.5) is 0 Å². The Morgan fingerprint density at radius 2 is 2.41 bits per heavy atom. The largest absolute Gasteiger partial charge is 0.350 e. The van der Waals surface area contributed by atoms with Crippen LogP contribution in [0.5, 0.6) is 0 Å². The summed E-state index contributed by atoms with van der Waals surface area (Å²) in [5.41, 5.74) is 0.912. The van der Waals surface area contributed by atoms with Crippen LogP contribution in [0.25, 0.3) is 4.96 Å². The number of hydrogen-bond acceptors (Lipinski definition) is 3. The highest BCUT2D eigenvalue weighted by atomic mass is 32.1. The molecule has 17 heavy (non-hydrogen) atoms. The molecule has 2 aromatic heterocycles. The molecule has 0 aliphatic carbocycles. The Labute approximate surface area is 105 Å². The summed E-state index contributed by atoms with van der Waals surface area (Å²) in [7, 11) is 0. The van der Waals surface area contributed by atoms with Crippen molar-refractivity contribution in [2.75, 3.05) is 0 Å². The van der Waals surface area contributed by atoms with E-state index in [1.807, 2.05) is 22.2 Å². The number of thiazole rings is 1. The van der Waals surface area contributed by atoms with Crippen molar-refractivity contribution in [1.82, 2.24) is 14.7 Å². The van der Waals surface area contributed by atoms with E-state index in [1.165, 1.54) is 0 Å². The molecule has 92 valence electrons. The minimum absolute atomic E-state index is 0.107. The molecular formula is C12H17N3OS. The average Bonchev–Trinajstić information content (AvgIpc) is 2.83. The number of nitrogens with one attached hydrogen (secondary N) is 1. The van der Waals surface area contributed by atoms with E-state index in [9.17, 15) is 4.79 Å². The maximum Gasteiger partial charge on any atom is 0.220 e. The van der Waals surface area contributed by atoms with Gasteiger partial charge in [-0.2, -0.15) is 0 Å². The molecule has 0 fully saturated rings. The zero-order chi connectivity index (χ0) is 12.3. The number of imidazole rings is 1. The molecule has 2 aromatic rings. The molecule has 0 saturated carbocycles. The molecule has 0 aliphatic rings. The lowest BCUT2D eigenvalue weighted by atomic mass is 10.1. The molecule has 2 heterocycles. The lowest BCUT2D eigenvalue weighted by Gasteiger charge is -2.05. The standard InChI is InChI=1S/C12H17N3OS/c1-9(2)3-4-11(16)13-7-10-8-15-5-6-17-12(15)14-10/h5-6,8-9H,3-4,7H2,1-2H3,(H,13,16). The SMILES string of the molecule is CC(C)CCC(=O)NCc1cn2ccsc2n1. The molecule has 0 spiro atoms. The van der Waals surface area contributed by atoms with Gasteiger partial charge >= 0.3 is 0 Å². The Bertz CT molecular complexity index is 472. The van der Waals surface area contributed by atoms with Gasteiger partial charge in [0.15, 0.2) is 4.96 Å². The first-order valence-electron chi connectivity index (χ1n) is 5.83. The van der Waals surface area contributed by atoms with E-state index in [0.717, 1.165) is 17.1 Å². The van der Waals surface area contributed by atoms with Gasteiger partial charge in [-0.15, -0.1) is 11.3 Å². The number of fused-ring (bicyclic) bond motifs is 1. The van der Waals surface area contributed by atoms with E-state index in [-0.39, 0.29) is 5.91 Å². The van der Waals surface area contributed by atoms with Crippen molar-refractivity contribution in [2.45, 2.75) is 33.2 Å². The molecule has 1 amide bonds. The number of rotatable bonds is 5. The lowest BCUT2D eigenvalue weighted by Crippen LogP contribution is -2.22. The van der Waals surface area contributed by atoms with Crippen LogP contribution in [0.1, 0.15) is 32.4 Å². The average molecular weight is 251 g/mol. The van der Waals surface area contributed by atoms with E-state index < -0.39 is 0 Å². The quantitative estimate of drug-likeness (QED) is 0.887. The summed E-state index contributed by atoms with van der Waals surface area (Å²) in [6, 6.07) is 0. The van der Waals surface area contributed by atoms with E-state index in [2.05, 4.69) is 24.1 Å². The van der Waals surface area contributed by atoms with Crippen LogP contribution in [-0.4, -0.2) is 15.3 Å². The second-order valence-corrected chi connectivity index (χ2v) is 5.41. The number of nitrogens with zero attached hydrogens (tertiary/aromatic N) is 2. The molecule has 1 N–H and O–H groups in total. The van der Waals surface area contributed by atoms with Crippen LogP contribution in [-0.2, 0) is 11.3 Å². The van der Waals surface area contributed by atoms with E-state index >= 15 is 0 Å². The van der Waals surface area contributed by atoms with Crippen molar-refractivity contribution >= 4 is 22.2 Å². The van der Waals surface area contributed by atoms with Crippen molar-refractivity contribution in [1.29, 1.82) is 0 Å². The van der Waals surface area contributed by atoms with Crippen molar-refractivity contribution in [2.24, 2.45) is 5.92 Å². The normalized spacial score (nSPS) is 11.2. The fourth-order valence-corrected chi connectivity index (χ4v) is 2.28. The third-order valence-electron chi connectivity index (χ3n) is 2.56. The Morgan fingerprint density at radius 3 is 3.12 bits per heavy atom. The van der Waals surface area contributed by atoms with E-state index in [1.54, 1.807) is 11.3 Å². The number of aromatic nitrogens is 2. The van der Waals surface area contributed by atoms with Gasteiger partial charge in [0.1, 0.15) is 0 Å². The summed E-state index contributed by atoms with van der Waals surface area (Å²) >= 11 is 1.60. The number of carbonyl (C=O) groups is 1. The number of carbonyl (C=O) groups excluding carboxylic acids is 1. The highest BCUT2D eigenvalue weighted by Crippen LogP contribution is 2.11. The van der Waals surface area contributed by atoms with Crippen LogP contribution >= 0.6 is 11.3 Å². The van der Waals surface area contributed by atoms with Crippen LogP contribution in [0.3, 0.4) is 0 Å². The summed E-state index contributed by atoms with van der Waals surface area (Å²) < 4.78 is 1.97. The van der Waals surface area contributed by atoms with Gasteiger partial charge < -0.3 is 5.32 Å². The highest BCUT2D eigenvalue weighted by molar-refractivity contribution is 7.15. The van der Waals surface area contributed by atoms with Gasteiger partial charge in [-0.25, -0.2) is 4.98 Å². The van der Waals surface area contributed by atoms with Crippen LogP contribution < -0.4 is 5.32 Å². The molecule has 0 aliphatic heterocycles. The fourth-order valence-electron chi connectivity index (χ4n) is 1.56. The molecule has 0 saturated heterocycles. The van der Waals surface area contributed by atoms with Gasteiger partial charge in [-0.05, 0) is 12.3 Å². The first-order chi connectivity index (χ1) is 8.15. The van der Waals surface area contributed by atoms with Crippen LogP contribution in [0, 0.1) is 5.92 Å². The summed E-state index contributed by atoms with van der Waals surface area (Å²) in [4.78, 5) is 16.9. The summed E-state index contributed by atoms with van der Waals surface area (Å²) in [6.07, 6.45) is 5.45. The second kappa shape index (κ2) is 5.31. The third kappa shape index (κ3) is 3.30. The zero-order valence-corrected chi connectivity index (χ0v) is 11.0. The summed E-state index contributed by atoms with van der Waals surface area (Å²) in [5, 5.41) is 4.89. The molecule has 4 nitrogen and oxygen atoms in total. The third-order valence-corrected chi connectivity index (χ3v) is 3.33. The Balaban J connectivity index is 1.82. The van der Waals surface area contributed by atoms with Gasteiger partial charge in [0.2, 0.25) is 5.91 Å². The summed E-state index contributed by atoms with van der Waals surface area (Å²) in [6.45, 7) is 4.76. The van der Waals surface area contributed by atoms with Gasteiger partial charge in [0.25, 0.3) is 0 Å². The Hall–Kier alpha value is -1.36. The van der Waals surface area contributed by atoms with E-state index in [0.29, 0.717) is 18.9 Å². The molecule has 0 unspecified atom stereocenters. The number of hydrogen-bond donors (Lipinski definition) is 1. The van der Waals surface area contributed by atoms with Gasteiger partial charge in [0, 0.05) is 24.2 Å². The predicted molar refractivity (Wildman–Crippen MR) is 69.0 cm³/mol. The van der Waals surface area contributed by atoms with Crippen molar-refractivity contribution in [3.05, 3.63) is 23.5 Å². The molecule has 0 atom stereocenters.